The van der Waals surface area contributed by atoms with Crippen LogP contribution in [0.2, 0.25) is 0 Å². The third-order valence-corrected chi connectivity index (χ3v) is 3.65. The van der Waals surface area contributed by atoms with Crippen LogP contribution in [0.5, 0.6) is 0 Å². The van der Waals surface area contributed by atoms with E-state index in [0.29, 0.717) is 5.92 Å². The lowest BCUT2D eigenvalue weighted by molar-refractivity contribution is 0.281. The van der Waals surface area contributed by atoms with Gasteiger partial charge >= 0.3 is 0 Å². The number of hydrogen-bond donors (Lipinski definition) is 1. The number of para-hydroxylation sites is 1. The van der Waals surface area contributed by atoms with Crippen LogP contribution in [0.15, 0.2) is 30.5 Å². The Bertz CT molecular complexity index is 478. The number of fused-ring (bicyclic) bond motifs is 1. The summed E-state index contributed by atoms with van der Waals surface area (Å²) in [6, 6.07) is 8.57. The lowest BCUT2D eigenvalue weighted by Crippen LogP contribution is -2.27. The van der Waals surface area contributed by atoms with Crippen LogP contribution in [-0.4, -0.2) is 23.0 Å². The van der Waals surface area contributed by atoms with E-state index in [1.54, 1.807) is 0 Å². The number of aromatic nitrogens is 1. The van der Waals surface area contributed by atoms with E-state index in [1.807, 2.05) is 0 Å². The third kappa shape index (κ3) is 1.63. The zero-order valence-electron chi connectivity index (χ0n) is 9.45. The molecule has 0 saturated carbocycles. The molecule has 0 aliphatic carbocycles. The van der Waals surface area contributed by atoms with Crippen LogP contribution in [-0.2, 0) is 0 Å². The molecule has 1 saturated heterocycles. The van der Waals surface area contributed by atoms with Crippen LogP contribution in [0.3, 0.4) is 0 Å². The number of rotatable bonds is 1. The van der Waals surface area contributed by atoms with Crippen LogP contribution in [0, 0.1) is 7.05 Å². The van der Waals surface area contributed by atoms with Crippen molar-refractivity contribution in [3.63, 3.8) is 0 Å². The maximum absolute atomic E-state index is 4.00. The fourth-order valence-corrected chi connectivity index (χ4v) is 2.68. The van der Waals surface area contributed by atoms with Crippen LogP contribution in [0.4, 0.5) is 0 Å². The maximum Gasteiger partial charge on any atom is 0.0456 e. The van der Waals surface area contributed by atoms with E-state index >= 15 is 0 Å². The van der Waals surface area contributed by atoms with Gasteiger partial charge in [0.15, 0.2) is 0 Å². The standard InChI is InChI=1S/C14H17N2/c1-16-8-6-11(7-9-16)13-10-15-14-5-3-2-4-12(13)14/h2-5,10-11,15H,1,6-9H2/q-1. The summed E-state index contributed by atoms with van der Waals surface area (Å²) in [5, 5.41) is 1.39. The average molecular weight is 213 g/mol. The van der Waals surface area contributed by atoms with Crippen molar-refractivity contribution in [2.24, 2.45) is 0 Å². The number of benzene rings is 1. The van der Waals surface area contributed by atoms with Crippen LogP contribution in [0.25, 0.3) is 10.9 Å². The van der Waals surface area contributed by atoms with Gasteiger partial charge in [0.1, 0.15) is 0 Å². The van der Waals surface area contributed by atoms with E-state index in [2.05, 4.69) is 47.4 Å². The Hall–Kier alpha value is -1.28. The Morgan fingerprint density at radius 1 is 1.19 bits per heavy atom. The van der Waals surface area contributed by atoms with Crippen molar-refractivity contribution in [2.45, 2.75) is 18.8 Å². The number of aromatic amines is 1. The van der Waals surface area contributed by atoms with Crippen LogP contribution < -0.4 is 0 Å². The van der Waals surface area contributed by atoms with E-state index in [-0.39, 0.29) is 0 Å². The van der Waals surface area contributed by atoms with E-state index in [0.717, 1.165) is 13.1 Å². The van der Waals surface area contributed by atoms with Crippen molar-refractivity contribution >= 4 is 10.9 Å². The molecule has 0 bridgehead atoms. The highest BCUT2D eigenvalue weighted by atomic mass is 15.1. The second kappa shape index (κ2) is 3.95. The Labute approximate surface area is 96.3 Å². The first-order chi connectivity index (χ1) is 7.84. The first kappa shape index (κ1) is 9.91. The molecule has 0 atom stereocenters. The van der Waals surface area contributed by atoms with Crippen molar-refractivity contribution in [2.75, 3.05) is 13.1 Å². The minimum absolute atomic E-state index is 0.703. The smallest absolute Gasteiger partial charge is 0.0456 e. The first-order valence-corrected chi connectivity index (χ1v) is 5.96. The summed E-state index contributed by atoms with van der Waals surface area (Å²) in [4.78, 5) is 5.54. The largest absolute Gasteiger partial charge is 0.459 e. The van der Waals surface area contributed by atoms with Crippen molar-refractivity contribution in [3.05, 3.63) is 43.1 Å². The lowest BCUT2D eigenvalue weighted by Gasteiger charge is -2.34. The van der Waals surface area contributed by atoms with Gasteiger partial charge in [-0.25, -0.2) is 0 Å². The fourth-order valence-electron chi connectivity index (χ4n) is 2.68. The number of H-pyrrole nitrogens is 1. The number of piperidine rings is 1. The second-order valence-electron chi connectivity index (χ2n) is 4.68. The lowest BCUT2D eigenvalue weighted by atomic mass is 9.89. The Balaban J connectivity index is 1.94. The predicted molar refractivity (Wildman–Crippen MR) is 67.2 cm³/mol. The normalized spacial score (nSPS) is 19.3. The Morgan fingerprint density at radius 2 is 1.94 bits per heavy atom. The second-order valence-corrected chi connectivity index (χ2v) is 4.68. The van der Waals surface area contributed by atoms with Gasteiger partial charge in [-0.1, -0.05) is 18.2 Å². The minimum atomic E-state index is 0.703. The summed E-state index contributed by atoms with van der Waals surface area (Å²) in [6.45, 7) is 2.23. The zero-order valence-corrected chi connectivity index (χ0v) is 9.45. The highest BCUT2D eigenvalue weighted by Gasteiger charge is 2.18. The van der Waals surface area contributed by atoms with E-state index in [4.69, 9.17) is 0 Å². The molecule has 16 heavy (non-hydrogen) atoms. The molecule has 3 rings (SSSR count). The molecule has 84 valence electrons. The highest BCUT2D eigenvalue weighted by Crippen LogP contribution is 2.32. The first-order valence-electron chi connectivity index (χ1n) is 5.96. The maximum atomic E-state index is 4.00. The highest BCUT2D eigenvalue weighted by molar-refractivity contribution is 5.83. The molecule has 1 aromatic carbocycles. The van der Waals surface area contributed by atoms with E-state index in [1.165, 1.54) is 29.3 Å². The molecular formula is C14H17N2-. The van der Waals surface area contributed by atoms with E-state index in [9.17, 15) is 0 Å². The van der Waals surface area contributed by atoms with E-state index < -0.39 is 0 Å². The minimum Gasteiger partial charge on any atom is -0.459 e. The zero-order chi connectivity index (χ0) is 11.0. The van der Waals surface area contributed by atoms with Gasteiger partial charge in [-0.05, 0) is 43.5 Å². The van der Waals surface area contributed by atoms with Crippen LogP contribution >= 0.6 is 0 Å². The van der Waals surface area contributed by atoms with Crippen molar-refractivity contribution in [1.82, 2.24) is 9.88 Å². The molecule has 0 amide bonds. The molecule has 2 heteroatoms. The van der Waals surface area contributed by atoms with Crippen LogP contribution in [0.1, 0.15) is 24.3 Å². The average Bonchev–Trinajstić information content (AvgIpc) is 2.74. The summed E-state index contributed by atoms with van der Waals surface area (Å²) < 4.78 is 0. The van der Waals surface area contributed by atoms with Gasteiger partial charge in [-0.15, -0.1) is 0 Å². The molecule has 1 aliphatic rings. The van der Waals surface area contributed by atoms with Gasteiger partial charge in [-0.2, -0.15) is 0 Å². The molecule has 1 fully saturated rings. The molecule has 2 heterocycles. The van der Waals surface area contributed by atoms with Crippen molar-refractivity contribution in [3.8, 4) is 0 Å². The molecule has 0 unspecified atom stereocenters. The summed E-state index contributed by atoms with van der Waals surface area (Å²) in [5.74, 6) is 0.703. The molecular weight excluding hydrogens is 196 g/mol. The summed E-state index contributed by atoms with van der Waals surface area (Å²) >= 11 is 0. The summed E-state index contributed by atoms with van der Waals surface area (Å²) in [6.07, 6.45) is 4.64. The SMILES string of the molecule is [CH2-]N1CCC(c2c[nH]c3ccccc23)CC1. The number of likely N-dealkylation sites (tertiary alicyclic amines) is 1. The molecule has 2 nitrogen and oxygen atoms in total. The molecule has 2 aromatic rings. The van der Waals surface area contributed by atoms with Gasteiger partial charge in [0.2, 0.25) is 0 Å². The van der Waals surface area contributed by atoms with Gasteiger partial charge in [0, 0.05) is 17.1 Å². The summed E-state index contributed by atoms with van der Waals surface area (Å²) in [5.41, 5.74) is 2.75. The van der Waals surface area contributed by atoms with Crippen molar-refractivity contribution < 1.29 is 0 Å². The van der Waals surface area contributed by atoms with Gasteiger partial charge in [0.05, 0.1) is 0 Å². The molecule has 0 spiro atoms. The topological polar surface area (TPSA) is 19.0 Å². The monoisotopic (exact) mass is 213 g/mol. The Morgan fingerprint density at radius 3 is 2.75 bits per heavy atom. The van der Waals surface area contributed by atoms with Gasteiger partial charge in [-0.3, -0.25) is 7.05 Å². The number of nitrogens with zero attached hydrogens (tertiary/aromatic N) is 1. The molecule has 1 N–H and O–H groups in total. The number of nitrogens with one attached hydrogen (secondary N) is 1. The summed E-state index contributed by atoms with van der Waals surface area (Å²) in [7, 11) is 4.00. The Kier molecular flexibility index (Phi) is 2.44. The predicted octanol–water partition coefficient (Wildman–Crippen LogP) is 3.14. The molecule has 1 aliphatic heterocycles. The number of hydrogen-bond acceptors (Lipinski definition) is 1. The molecule has 1 aromatic heterocycles. The third-order valence-electron chi connectivity index (χ3n) is 3.65. The molecule has 0 radical (unpaired) electrons. The van der Waals surface area contributed by atoms with Gasteiger partial charge < -0.3 is 9.88 Å². The fraction of sp³-hybridized carbons (Fsp3) is 0.357. The van der Waals surface area contributed by atoms with Gasteiger partial charge in [0.25, 0.3) is 0 Å². The quantitative estimate of drug-likeness (QED) is 0.721. The van der Waals surface area contributed by atoms with Crippen molar-refractivity contribution in [1.29, 1.82) is 0 Å².